The van der Waals surface area contributed by atoms with E-state index in [0.29, 0.717) is 5.56 Å². The van der Waals surface area contributed by atoms with Gasteiger partial charge in [0.1, 0.15) is 5.52 Å². The van der Waals surface area contributed by atoms with E-state index in [4.69, 9.17) is 0 Å². The molecule has 5 heteroatoms. The van der Waals surface area contributed by atoms with Gasteiger partial charge in [-0.3, -0.25) is 14.7 Å². The summed E-state index contributed by atoms with van der Waals surface area (Å²) >= 11 is 0. The minimum atomic E-state index is 0.0384. The summed E-state index contributed by atoms with van der Waals surface area (Å²) in [4.78, 5) is 24.7. The van der Waals surface area contributed by atoms with Crippen molar-refractivity contribution in [3.8, 4) is 0 Å². The molecule has 1 atom stereocenters. The number of rotatable bonds is 4. The second-order valence-corrected chi connectivity index (χ2v) is 6.68. The number of amides is 1. The lowest BCUT2D eigenvalue weighted by Gasteiger charge is -2.25. The highest BCUT2D eigenvalue weighted by Gasteiger charge is 2.29. The van der Waals surface area contributed by atoms with E-state index >= 15 is 0 Å². The molecule has 1 aliphatic rings. The van der Waals surface area contributed by atoms with Crippen molar-refractivity contribution >= 4 is 16.9 Å². The number of nitrogens with one attached hydrogen (secondary N) is 1. The van der Waals surface area contributed by atoms with Crippen LogP contribution >= 0.6 is 0 Å². The van der Waals surface area contributed by atoms with Crippen molar-refractivity contribution in [3.05, 3.63) is 66.0 Å². The number of H-pyrrole nitrogens is 1. The van der Waals surface area contributed by atoms with Gasteiger partial charge in [-0.05, 0) is 24.1 Å². The van der Waals surface area contributed by atoms with Crippen LogP contribution in [-0.2, 0) is 6.54 Å². The van der Waals surface area contributed by atoms with Gasteiger partial charge in [-0.15, -0.1) is 0 Å². The Hall–Kier alpha value is -2.66. The van der Waals surface area contributed by atoms with Crippen LogP contribution in [-0.4, -0.2) is 51.9 Å². The average Bonchev–Trinajstić information content (AvgIpc) is 3.28. The predicted octanol–water partition coefficient (Wildman–Crippen LogP) is 2.91. The smallest absolute Gasteiger partial charge is 0.257 e. The van der Waals surface area contributed by atoms with E-state index < -0.39 is 0 Å². The first-order valence-electron chi connectivity index (χ1n) is 8.68. The quantitative estimate of drug-likeness (QED) is 0.798. The third-order valence-electron chi connectivity index (χ3n) is 5.03. The Kier molecular flexibility index (Phi) is 4.24. The third kappa shape index (κ3) is 3.15. The molecule has 5 nitrogen and oxygen atoms in total. The van der Waals surface area contributed by atoms with Gasteiger partial charge in [0.15, 0.2) is 0 Å². The van der Waals surface area contributed by atoms with E-state index in [2.05, 4.69) is 39.1 Å². The van der Waals surface area contributed by atoms with E-state index in [1.165, 1.54) is 5.56 Å². The second kappa shape index (κ2) is 6.69. The number of hydrogen-bond acceptors (Lipinski definition) is 3. The molecule has 0 saturated carbocycles. The first kappa shape index (κ1) is 15.8. The molecule has 1 unspecified atom stereocenters. The summed E-state index contributed by atoms with van der Waals surface area (Å²) in [7, 11) is 1.90. The Morgan fingerprint density at radius 3 is 2.96 bits per heavy atom. The van der Waals surface area contributed by atoms with Crippen LogP contribution in [0.25, 0.3) is 11.0 Å². The number of carbonyl (C=O) groups excluding carboxylic acids is 1. The molecule has 0 radical (unpaired) electrons. The summed E-state index contributed by atoms with van der Waals surface area (Å²) in [6, 6.07) is 14.5. The number of hydrogen-bond donors (Lipinski definition) is 1. The highest BCUT2D eigenvalue weighted by Crippen LogP contribution is 2.21. The first-order valence-corrected chi connectivity index (χ1v) is 8.68. The van der Waals surface area contributed by atoms with Crippen molar-refractivity contribution in [3.63, 3.8) is 0 Å². The SMILES string of the molecule is CN(C(=O)c1c[nH]c2cccnc12)C1CCN(Cc2ccccc2)C1. The molecule has 2 aromatic heterocycles. The van der Waals surface area contributed by atoms with Crippen LogP contribution in [0.3, 0.4) is 0 Å². The van der Waals surface area contributed by atoms with Crippen molar-refractivity contribution < 1.29 is 4.79 Å². The predicted molar refractivity (Wildman–Crippen MR) is 98.3 cm³/mol. The van der Waals surface area contributed by atoms with Gasteiger partial charge in [-0.2, -0.15) is 0 Å². The van der Waals surface area contributed by atoms with Crippen molar-refractivity contribution in [2.75, 3.05) is 20.1 Å². The zero-order valence-corrected chi connectivity index (χ0v) is 14.4. The molecule has 0 aliphatic carbocycles. The highest BCUT2D eigenvalue weighted by atomic mass is 16.2. The molecule has 4 rings (SSSR count). The Morgan fingerprint density at radius 1 is 1.28 bits per heavy atom. The lowest BCUT2D eigenvalue weighted by molar-refractivity contribution is 0.0736. The number of fused-ring (bicyclic) bond motifs is 1. The number of carbonyl (C=O) groups is 1. The maximum atomic E-state index is 12.9. The number of likely N-dealkylation sites (N-methyl/N-ethyl adjacent to an activating group) is 1. The lowest BCUT2D eigenvalue weighted by Crippen LogP contribution is -2.38. The summed E-state index contributed by atoms with van der Waals surface area (Å²) in [5.74, 6) is 0.0384. The minimum Gasteiger partial charge on any atom is -0.359 e. The number of nitrogens with zero attached hydrogens (tertiary/aromatic N) is 3. The Labute approximate surface area is 147 Å². The molecule has 3 aromatic rings. The van der Waals surface area contributed by atoms with Crippen LogP contribution in [0, 0.1) is 0 Å². The second-order valence-electron chi connectivity index (χ2n) is 6.68. The van der Waals surface area contributed by atoms with Crippen LogP contribution in [0.4, 0.5) is 0 Å². The van der Waals surface area contributed by atoms with Crippen LogP contribution in [0.15, 0.2) is 54.9 Å². The lowest BCUT2D eigenvalue weighted by atomic mass is 10.2. The molecule has 1 aliphatic heterocycles. The number of likely N-dealkylation sites (tertiary alicyclic amines) is 1. The van der Waals surface area contributed by atoms with Crippen molar-refractivity contribution in [2.45, 2.75) is 19.0 Å². The van der Waals surface area contributed by atoms with Gasteiger partial charge >= 0.3 is 0 Å². The standard InChI is InChI=1S/C20H22N4O/c1-23(20(25)17-12-22-18-8-5-10-21-19(17)18)16-9-11-24(14-16)13-15-6-3-2-4-7-15/h2-8,10,12,16,22H,9,11,13-14H2,1H3. The van der Waals surface area contributed by atoms with Gasteiger partial charge in [0, 0.05) is 45.1 Å². The first-order chi connectivity index (χ1) is 12.2. The van der Waals surface area contributed by atoms with E-state index in [0.717, 1.165) is 37.1 Å². The van der Waals surface area contributed by atoms with Crippen LogP contribution in [0.2, 0.25) is 0 Å². The van der Waals surface area contributed by atoms with Gasteiger partial charge in [0.05, 0.1) is 11.1 Å². The highest BCUT2D eigenvalue weighted by molar-refractivity contribution is 6.05. The number of pyridine rings is 1. The zero-order chi connectivity index (χ0) is 17.2. The average molecular weight is 334 g/mol. The molecule has 1 amide bonds. The minimum absolute atomic E-state index is 0.0384. The summed E-state index contributed by atoms with van der Waals surface area (Å²) in [5.41, 5.74) is 3.62. The molecule has 0 spiro atoms. The van der Waals surface area contributed by atoms with E-state index in [-0.39, 0.29) is 11.9 Å². The Morgan fingerprint density at radius 2 is 2.12 bits per heavy atom. The summed E-state index contributed by atoms with van der Waals surface area (Å²) in [6.07, 6.45) is 4.50. The van der Waals surface area contributed by atoms with Crippen LogP contribution in [0.5, 0.6) is 0 Å². The Bertz CT molecular complexity index is 874. The van der Waals surface area contributed by atoms with Crippen LogP contribution < -0.4 is 0 Å². The number of benzene rings is 1. The number of aromatic nitrogens is 2. The van der Waals surface area contributed by atoms with Crippen molar-refractivity contribution in [1.29, 1.82) is 0 Å². The molecule has 0 bridgehead atoms. The van der Waals surface area contributed by atoms with Crippen molar-refractivity contribution in [1.82, 2.24) is 19.8 Å². The summed E-state index contributed by atoms with van der Waals surface area (Å²) in [5, 5.41) is 0. The molecular formula is C20H22N4O. The normalized spacial score (nSPS) is 17.9. The maximum absolute atomic E-state index is 12.9. The molecule has 1 N–H and O–H groups in total. The van der Waals surface area contributed by atoms with Gasteiger partial charge in [0.2, 0.25) is 0 Å². The third-order valence-corrected chi connectivity index (χ3v) is 5.03. The Balaban J connectivity index is 1.44. The fraction of sp³-hybridized carbons (Fsp3) is 0.300. The van der Waals surface area contributed by atoms with Gasteiger partial charge in [-0.1, -0.05) is 30.3 Å². The van der Waals surface area contributed by atoms with Gasteiger partial charge in [0.25, 0.3) is 5.91 Å². The summed E-state index contributed by atoms with van der Waals surface area (Å²) < 4.78 is 0. The molecule has 1 saturated heterocycles. The monoisotopic (exact) mass is 334 g/mol. The van der Waals surface area contributed by atoms with E-state index in [1.54, 1.807) is 12.4 Å². The maximum Gasteiger partial charge on any atom is 0.257 e. The van der Waals surface area contributed by atoms with Crippen LogP contribution in [0.1, 0.15) is 22.3 Å². The van der Waals surface area contributed by atoms with E-state index in [9.17, 15) is 4.79 Å². The molecule has 3 heterocycles. The number of aromatic amines is 1. The molecular weight excluding hydrogens is 312 g/mol. The molecule has 1 fully saturated rings. The fourth-order valence-corrected chi connectivity index (χ4v) is 3.59. The molecule has 1 aromatic carbocycles. The van der Waals surface area contributed by atoms with Crippen molar-refractivity contribution in [2.24, 2.45) is 0 Å². The topological polar surface area (TPSA) is 52.2 Å². The summed E-state index contributed by atoms with van der Waals surface area (Å²) in [6.45, 7) is 2.87. The largest absolute Gasteiger partial charge is 0.359 e. The molecule has 25 heavy (non-hydrogen) atoms. The van der Waals surface area contributed by atoms with E-state index in [1.807, 2.05) is 30.1 Å². The molecule has 128 valence electrons. The van der Waals surface area contributed by atoms with Gasteiger partial charge in [-0.25, -0.2) is 0 Å². The fourth-order valence-electron chi connectivity index (χ4n) is 3.59. The van der Waals surface area contributed by atoms with Gasteiger partial charge < -0.3 is 9.88 Å². The zero-order valence-electron chi connectivity index (χ0n) is 14.4.